The fourth-order valence-corrected chi connectivity index (χ4v) is 2.99. The number of rotatable bonds is 3. The van der Waals surface area contributed by atoms with Gasteiger partial charge in [0.05, 0.1) is 11.7 Å². The number of benzene rings is 1. The summed E-state index contributed by atoms with van der Waals surface area (Å²) in [5.41, 5.74) is 3.16. The Labute approximate surface area is 119 Å². The summed E-state index contributed by atoms with van der Waals surface area (Å²) >= 11 is 0. The van der Waals surface area contributed by atoms with Crippen LogP contribution in [0.5, 0.6) is 0 Å². The van der Waals surface area contributed by atoms with Gasteiger partial charge >= 0.3 is 0 Å². The predicted octanol–water partition coefficient (Wildman–Crippen LogP) is 3.95. The first-order valence-electron chi connectivity index (χ1n) is 7.20. The Morgan fingerprint density at radius 1 is 1.25 bits per heavy atom. The van der Waals surface area contributed by atoms with E-state index in [1.54, 1.807) is 6.07 Å². The van der Waals surface area contributed by atoms with Crippen molar-refractivity contribution in [3.8, 4) is 0 Å². The van der Waals surface area contributed by atoms with Crippen LogP contribution in [0.15, 0.2) is 42.6 Å². The van der Waals surface area contributed by atoms with Crippen LogP contribution in [0.4, 0.5) is 4.39 Å². The smallest absolute Gasteiger partial charge is 0.127 e. The van der Waals surface area contributed by atoms with Gasteiger partial charge in [0.2, 0.25) is 0 Å². The molecular weight excluding hydrogens is 251 g/mol. The molecule has 0 spiro atoms. The average Bonchev–Trinajstić information content (AvgIpc) is 2.48. The molecule has 2 nitrogen and oxygen atoms in total. The van der Waals surface area contributed by atoms with Gasteiger partial charge in [-0.05, 0) is 43.9 Å². The molecular formula is C17H19FN2. The van der Waals surface area contributed by atoms with Crippen LogP contribution in [0.3, 0.4) is 0 Å². The minimum absolute atomic E-state index is 0.0193. The minimum Gasteiger partial charge on any atom is -0.302 e. The average molecular weight is 270 g/mol. The molecule has 1 heterocycles. The third-order valence-electron chi connectivity index (χ3n) is 4.02. The topological polar surface area (TPSA) is 24.9 Å². The Morgan fingerprint density at radius 3 is 2.95 bits per heavy atom. The van der Waals surface area contributed by atoms with Gasteiger partial charge in [0.1, 0.15) is 5.82 Å². The summed E-state index contributed by atoms with van der Waals surface area (Å²) in [4.78, 5) is 4.51. The number of aryl methyl sites for hydroxylation is 1. The summed E-state index contributed by atoms with van der Waals surface area (Å²) in [6.45, 7) is 2.01. The Bertz CT molecular complexity index is 597. The molecule has 0 radical (unpaired) electrons. The van der Waals surface area contributed by atoms with Crippen molar-refractivity contribution in [3.63, 3.8) is 0 Å². The molecule has 1 aliphatic rings. The molecule has 0 bridgehead atoms. The number of nitrogens with one attached hydrogen (secondary N) is 1. The highest BCUT2D eigenvalue weighted by atomic mass is 19.1. The second-order valence-electron chi connectivity index (χ2n) is 5.40. The molecule has 0 amide bonds. The van der Waals surface area contributed by atoms with Crippen molar-refractivity contribution in [1.82, 2.24) is 10.3 Å². The lowest BCUT2D eigenvalue weighted by Gasteiger charge is -2.28. The van der Waals surface area contributed by atoms with Crippen molar-refractivity contribution < 1.29 is 4.39 Å². The SMILES string of the molecule is CC(NC1CCCc2cccnc21)c1ccccc1F. The third kappa shape index (κ3) is 2.59. The molecule has 3 heteroatoms. The van der Waals surface area contributed by atoms with E-state index in [0.717, 1.165) is 30.5 Å². The number of nitrogens with zero attached hydrogens (tertiary/aromatic N) is 1. The minimum atomic E-state index is -0.149. The van der Waals surface area contributed by atoms with Crippen LogP contribution in [-0.2, 0) is 6.42 Å². The van der Waals surface area contributed by atoms with Crippen LogP contribution in [0.25, 0.3) is 0 Å². The van der Waals surface area contributed by atoms with E-state index in [2.05, 4.69) is 16.4 Å². The number of halogens is 1. The van der Waals surface area contributed by atoms with E-state index in [1.165, 1.54) is 11.6 Å². The van der Waals surface area contributed by atoms with Gasteiger partial charge in [-0.25, -0.2) is 4.39 Å². The first kappa shape index (κ1) is 13.3. The van der Waals surface area contributed by atoms with Crippen molar-refractivity contribution in [2.45, 2.75) is 38.3 Å². The van der Waals surface area contributed by atoms with Crippen LogP contribution in [-0.4, -0.2) is 4.98 Å². The zero-order chi connectivity index (χ0) is 13.9. The fraction of sp³-hybridized carbons (Fsp3) is 0.353. The summed E-state index contributed by atoms with van der Waals surface area (Å²) in [5, 5.41) is 3.53. The lowest BCUT2D eigenvalue weighted by molar-refractivity contribution is 0.399. The lowest BCUT2D eigenvalue weighted by Crippen LogP contribution is -2.29. The van der Waals surface area contributed by atoms with Crippen molar-refractivity contribution in [2.24, 2.45) is 0 Å². The van der Waals surface area contributed by atoms with E-state index in [0.29, 0.717) is 0 Å². The van der Waals surface area contributed by atoms with Crippen LogP contribution in [0.2, 0.25) is 0 Å². The van der Waals surface area contributed by atoms with E-state index in [-0.39, 0.29) is 17.9 Å². The number of hydrogen-bond acceptors (Lipinski definition) is 2. The number of hydrogen-bond donors (Lipinski definition) is 1. The highest BCUT2D eigenvalue weighted by Crippen LogP contribution is 2.30. The summed E-state index contributed by atoms with van der Waals surface area (Å²) in [6, 6.07) is 11.3. The quantitative estimate of drug-likeness (QED) is 0.913. The van der Waals surface area contributed by atoms with E-state index >= 15 is 0 Å². The Hall–Kier alpha value is -1.74. The van der Waals surface area contributed by atoms with Crippen LogP contribution >= 0.6 is 0 Å². The summed E-state index contributed by atoms with van der Waals surface area (Å²) < 4.78 is 13.8. The molecule has 1 aromatic carbocycles. The maximum absolute atomic E-state index is 13.8. The molecule has 2 aromatic rings. The molecule has 2 unspecified atom stereocenters. The highest BCUT2D eigenvalue weighted by Gasteiger charge is 2.23. The maximum Gasteiger partial charge on any atom is 0.127 e. The Kier molecular flexibility index (Phi) is 3.79. The number of fused-ring (bicyclic) bond motifs is 1. The highest BCUT2D eigenvalue weighted by molar-refractivity contribution is 5.27. The zero-order valence-electron chi connectivity index (χ0n) is 11.6. The molecule has 20 heavy (non-hydrogen) atoms. The van der Waals surface area contributed by atoms with E-state index in [1.807, 2.05) is 31.3 Å². The largest absolute Gasteiger partial charge is 0.302 e. The van der Waals surface area contributed by atoms with Crippen molar-refractivity contribution >= 4 is 0 Å². The molecule has 0 fully saturated rings. The van der Waals surface area contributed by atoms with Crippen LogP contribution in [0.1, 0.15) is 48.7 Å². The van der Waals surface area contributed by atoms with E-state index < -0.39 is 0 Å². The molecule has 1 N–H and O–H groups in total. The van der Waals surface area contributed by atoms with Gasteiger partial charge in [-0.1, -0.05) is 24.3 Å². The molecule has 1 aliphatic carbocycles. The Balaban J connectivity index is 1.81. The van der Waals surface area contributed by atoms with Crippen molar-refractivity contribution in [3.05, 3.63) is 65.2 Å². The van der Waals surface area contributed by atoms with Gasteiger partial charge < -0.3 is 5.32 Å². The molecule has 0 aliphatic heterocycles. The second-order valence-corrected chi connectivity index (χ2v) is 5.40. The first-order valence-corrected chi connectivity index (χ1v) is 7.20. The predicted molar refractivity (Wildman–Crippen MR) is 77.9 cm³/mol. The van der Waals surface area contributed by atoms with Crippen LogP contribution in [0, 0.1) is 5.82 Å². The van der Waals surface area contributed by atoms with Gasteiger partial charge in [-0.2, -0.15) is 0 Å². The third-order valence-corrected chi connectivity index (χ3v) is 4.02. The lowest BCUT2D eigenvalue weighted by atomic mass is 9.91. The van der Waals surface area contributed by atoms with Crippen molar-refractivity contribution in [2.75, 3.05) is 0 Å². The standard InChI is InChI=1S/C17H19FN2/c1-12(14-8-2-3-9-15(14)18)20-16-10-4-6-13-7-5-11-19-17(13)16/h2-3,5,7-9,11-12,16,20H,4,6,10H2,1H3. The van der Waals surface area contributed by atoms with Crippen LogP contribution < -0.4 is 5.32 Å². The van der Waals surface area contributed by atoms with E-state index in [4.69, 9.17) is 0 Å². The second kappa shape index (κ2) is 5.71. The summed E-state index contributed by atoms with van der Waals surface area (Å²) in [6.07, 6.45) is 5.14. The van der Waals surface area contributed by atoms with Gasteiger partial charge in [0, 0.05) is 17.8 Å². The number of aromatic nitrogens is 1. The molecule has 104 valence electrons. The molecule has 3 rings (SSSR count). The fourth-order valence-electron chi connectivity index (χ4n) is 2.99. The van der Waals surface area contributed by atoms with Gasteiger partial charge in [-0.3, -0.25) is 4.98 Å². The molecule has 0 saturated carbocycles. The molecule has 2 atom stereocenters. The van der Waals surface area contributed by atoms with Gasteiger partial charge in [0.15, 0.2) is 0 Å². The normalized spacial score (nSPS) is 19.4. The van der Waals surface area contributed by atoms with Gasteiger partial charge in [-0.15, -0.1) is 0 Å². The van der Waals surface area contributed by atoms with E-state index in [9.17, 15) is 4.39 Å². The van der Waals surface area contributed by atoms with Gasteiger partial charge in [0.25, 0.3) is 0 Å². The number of pyridine rings is 1. The summed E-state index contributed by atoms with van der Waals surface area (Å²) in [5.74, 6) is -0.149. The summed E-state index contributed by atoms with van der Waals surface area (Å²) in [7, 11) is 0. The monoisotopic (exact) mass is 270 g/mol. The zero-order valence-corrected chi connectivity index (χ0v) is 11.6. The molecule has 0 saturated heterocycles. The maximum atomic E-state index is 13.8. The first-order chi connectivity index (χ1) is 9.75. The van der Waals surface area contributed by atoms with Crippen molar-refractivity contribution in [1.29, 1.82) is 0 Å². The Morgan fingerprint density at radius 2 is 2.10 bits per heavy atom. The molecule has 1 aromatic heterocycles.